The van der Waals surface area contributed by atoms with Gasteiger partial charge in [-0.05, 0) is 55.1 Å². The SMILES string of the molecule is CC1(C)CCC(NC2CCCCc3ccccc32)C1. The minimum Gasteiger partial charge on any atom is -0.307 e. The summed E-state index contributed by atoms with van der Waals surface area (Å²) >= 11 is 0. The molecule has 19 heavy (non-hydrogen) atoms. The molecule has 1 heteroatoms. The Morgan fingerprint density at radius 1 is 1.11 bits per heavy atom. The van der Waals surface area contributed by atoms with Crippen molar-refractivity contribution in [2.75, 3.05) is 0 Å². The molecule has 0 amide bonds. The first-order valence-electron chi connectivity index (χ1n) is 7.98. The second-order valence-electron chi connectivity index (χ2n) is 7.27. The van der Waals surface area contributed by atoms with Crippen molar-refractivity contribution in [3.63, 3.8) is 0 Å². The third kappa shape index (κ3) is 3.02. The maximum atomic E-state index is 3.97. The van der Waals surface area contributed by atoms with E-state index in [0.717, 1.165) is 6.04 Å². The number of aryl methyl sites for hydroxylation is 1. The summed E-state index contributed by atoms with van der Waals surface area (Å²) in [7, 11) is 0. The Bertz CT molecular complexity index is 435. The van der Waals surface area contributed by atoms with Crippen molar-refractivity contribution in [1.29, 1.82) is 0 Å². The lowest BCUT2D eigenvalue weighted by Crippen LogP contribution is -2.31. The molecule has 3 rings (SSSR count). The number of benzene rings is 1. The smallest absolute Gasteiger partial charge is 0.0325 e. The van der Waals surface area contributed by atoms with E-state index in [1.165, 1.54) is 44.9 Å². The summed E-state index contributed by atoms with van der Waals surface area (Å²) in [6, 6.07) is 10.4. The Kier molecular flexibility index (Phi) is 3.66. The average molecular weight is 257 g/mol. The molecule has 1 fully saturated rings. The van der Waals surface area contributed by atoms with Gasteiger partial charge < -0.3 is 5.32 Å². The van der Waals surface area contributed by atoms with Crippen LogP contribution in [0.2, 0.25) is 0 Å². The van der Waals surface area contributed by atoms with Crippen LogP contribution in [0.4, 0.5) is 0 Å². The summed E-state index contributed by atoms with van der Waals surface area (Å²) < 4.78 is 0. The molecule has 0 spiro atoms. The topological polar surface area (TPSA) is 12.0 Å². The molecule has 0 heterocycles. The summed E-state index contributed by atoms with van der Waals surface area (Å²) in [5.74, 6) is 0. The number of nitrogens with one attached hydrogen (secondary N) is 1. The van der Waals surface area contributed by atoms with Crippen LogP contribution in [0.25, 0.3) is 0 Å². The van der Waals surface area contributed by atoms with E-state index in [-0.39, 0.29) is 0 Å². The molecule has 2 unspecified atom stereocenters. The Labute approximate surface area is 117 Å². The van der Waals surface area contributed by atoms with Crippen LogP contribution in [0.1, 0.15) is 69.5 Å². The molecule has 1 aromatic carbocycles. The highest BCUT2D eigenvalue weighted by Gasteiger charge is 2.32. The highest BCUT2D eigenvalue weighted by molar-refractivity contribution is 5.31. The van der Waals surface area contributed by atoms with Gasteiger partial charge in [-0.25, -0.2) is 0 Å². The van der Waals surface area contributed by atoms with Crippen molar-refractivity contribution in [2.45, 2.75) is 70.9 Å². The third-order valence-corrected chi connectivity index (χ3v) is 5.02. The average Bonchev–Trinajstić information content (AvgIpc) is 2.60. The van der Waals surface area contributed by atoms with Gasteiger partial charge in [0.2, 0.25) is 0 Å². The van der Waals surface area contributed by atoms with Gasteiger partial charge >= 0.3 is 0 Å². The minimum absolute atomic E-state index is 0.544. The number of fused-ring (bicyclic) bond motifs is 1. The van der Waals surface area contributed by atoms with Crippen LogP contribution in [-0.2, 0) is 6.42 Å². The molecule has 0 bridgehead atoms. The Balaban J connectivity index is 1.74. The molecule has 0 aromatic heterocycles. The second kappa shape index (κ2) is 5.28. The molecule has 1 aromatic rings. The van der Waals surface area contributed by atoms with E-state index < -0.39 is 0 Å². The van der Waals surface area contributed by atoms with E-state index in [1.807, 2.05) is 0 Å². The van der Waals surface area contributed by atoms with Gasteiger partial charge in [0.25, 0.3) is 0 Å². The molecule has 1 nitrogen and oxygen atoms in total. The highest BCUT2D eigenvalue weighted by atomic mass is 15.0. The van der Waals surface area contributed by atoms with Crippen molar-refractivity contribution < 1.29 is 0 Å². The lowest BCUT2D eigenvalue weighted by molar-refractivity contribution is 0.347. The zero-order valence-corrected chi connectivity index (χ0v) is 12.4. The zero-order valence-electron chi connectivity index (χ0n) is 12.4. The predicted molar refractivity (Wildman–Crippen MR) is 81.3 cm³/mol. The van der Waals surface area contributed by atoms with Crippen LogP contribution in [0.15, 0.2) is 24.3 Å². The van der Waals surface area contributed by atoms with E-state index >= 15 is 0 Å². The molecule has 2 atom stereocenters. The van der Waals surface area contributed by atoms with Crippen molar-refractivity contribution >= 4 is 0 Å². The maximum Gasteiger partial charge on any atom is 0.0325 e. The Morgan fingerprint density at radius 2 is 1.95 bits per heavy atom. The van der Waals surface area contributed by atoms with Crippen LogP contribution in [-0.4, -0.2) is 6.04 Å². The van der Waals surface area contributed by atoms with Gasteiger partial charge in [0.05, 0.1) is 0 Å². The highest BCUT2D eigenvalue weighted by Crippen LogP contribution is 2.39. The molecule has 0 radical (unpaired) electrons. The first kappa shape index (κ1) is 13.2. The summed E-state index contributed by atoms with van der Waals surface area (Å²) in [5, 5.41) is 3.97. The molecule has 1 saturated carbocycles. The Morgan fingerprint density at radius 3 is 2.74 bits per heavy atom. The number of hydrogen-bond acceptors (Lipinski definition) is 1. The van der Waals surface area contributed by atoms with Crippen LogP contribution in [0.5, 0.6) is 0 Å². The van der Waals surface area contributed by atoms with Gasteiger partial charge in [-0.2, -0.15) is 0 Å². The lowest BCUT2D eigenvalue weighted by Gasteiger charge is -2.25. The molecule has 0 aliphatic heterocycles. The molecule has 0 saturated heterocycles. The molecule has 1 N–H and O–H groups in total. The fraction of sp³-hybridized carbons (Fsp3) is 0.667. The van der Waals surface area contributed by atoms with Gasteiger partial charge in [0, 0.05) is 12.1 Å². The summed E-state index contributed by atoms with van der Waals surface area (Å²) in [6.07, 6.45) is 9.36. The maximum absolute atomic E-state index is 3.97. The molecule has 104 valence electrons. The van der Waals surface area contributed by atoms with Gasteiger partial charge in [0.1, 0.15) is 0 Å². The van der Waals surface area contributed by atoms with E-state index in [0.29, 0.717) is 11.5 Å². The van der Waals surface area contributed by atoms with Crippen molar-refractivity contribution in [2.24, 2.45) is 5.41 Å². The van der Waals surface area contributed by atoms with Crippen molar-refractivity contribution in [3.8, 4) is 0 Å². The third-order valence-electron chi connectivity index (χ3n) is 5.02. The molecular formula is C18H27N. The van der Waals surface area contributed by atoms with Gasteiger partial charge in [-0.15, -0.1) is 0 Å². The lowest BCUT2D eigenvalue weighted by atomic mass is 9.91. The first-order valence-corrected chi connectivity index (χ1v) is 7.98. The van der Waals surface area contributed by atoms with Crippen molar-refractivity contribution in [1.82, 2.24) is 5.32 Å². The monoisotopic (exact) mass is 257 g/mol. The van der Waals surface area contributed by atoms with E-state index in [1.54, 1.807) is 11.1 Å². The quantitative estimate of drug-likeness (QED) is 0.762. The van der Waals surface area contributed by atoms with E-state index in [2.05, 4.69) is 43.4 Å². The first-order chi connectivity index (χ1) is 9.14. The summed E-state index contributed by atoms with van der Waals surface area (Å²) in [4.78, 5) is 0. The fourth-order valence-electron chi connectivity index (χ4n) is 3.96. The number of hydrogen-bond donors (Lipinski definition) is 1. The zero-order chi connectivity index (χ0) is 13.3. The van der Waals surface area contributed by atoms with Gasteiger partial charge in [0.15, 0.2) is 0 Å². The van der Waals surface area contributed by atoms with E-state index in [4.69, 9.17) is 0 Å². The fourth-order valence-corrected chi connectivity index (χ4v) is 3.96. The van der Waals surface area contributed by atoms with Crippen molar-refractivity contribution in [3.05, 3.63) is 35.4 Å². The number of rotatable bonds is 2. The standard InChI is InChI=1S/C18H27N/c1-18(2)12-11-15(13-18)19-17-10-6-4-8-14-7-3-5-9-16(14)17/h3,5,7,9,15,17,19H,4,6,8,10-13H2,1-2H3. The summed E-state index contributed by atoms with van der Waals surface area (Å²) in [6.45, 7) is 4.82. The Hall–Kier alpha value is -0.820. The van der Waals surface area contributed by atoms with Gasteiger partial charge in [-0.1, -0.05) is 44.5 Å². The minimum atomic E-state index is 0.544. The molecular weight excluding hydrogens is 230 g/mol. The van der Waals surface area contributed by atoms with Gasteiger partial charge in [-0.3, -0.25) is 0 Å². The summed E-state index contributed by atoms with van der Waals surface area (Å²) in [5.41, 5.74) is 3.70. The van der Waals surface area contributed by atoms with Crippen LogP contribution in [0, 0.1) is 5.41 Å². The van der Waals surface area contributed by atoms with Crippen LogP contribution in [0.3, 0.4) is 0 Å². The predicted octanol–water partition coefficient (Wildman–Crippen LogP) is 4.62. The largest absolute Gasteiger partial charge is 0.307 e. The van der Waals surface area contributed by atoms with Crippen LogP contribution >= 0.6 is 0 Å². The molecule has 2 aliphatic rings. The normalized spacial score (nSPS) is 29.8. The van der Waals surface area contributed by atoms with E-state index in [9.17, 15) is 0 Å². The van der Waals surface area contributed by atoms with Crippen LogP contribution < -0.4 is 5.32 Å². The second-order valence-corrected chi connectivity index (χ2v) is 7.27. The molecule has 2 aliphatic carbocycles.